The first-order valence-corrected chi connectivity index (χ1v) is 16.3. The van der Waals surface area contributed by atoms with Gasteiger partial charge in [0, 0.05) is 36.1 Å². The second kappa shape index (κ2) is 12.4. The van der Waals surface area contributed by atoms with E-state index in [9.17, 15) is 19.5 Å². The average Bonchev–Trinajstić information content (AvgIpc) is 3.56. The van der Waals surface area contributed by atoms with Crippen LogP contribution in [0.3, 0.4) is 0 Å². The summed E-state index contributed by atoms with van der Waals surface area (Å²) in [5.41, 5.74) is 0.716. The van der Waals surface area contributed by atoms with Gasteiger partial charge in [0.05, 0.1) is 29.8 Å². The van der Waals surface area contributed by atoms with Gasteiger partial charge in [0.1, 0.15) is 11.8 Å². The fourth-order valence-corrected chi connectivity index (χ4v) is 10.4. The smallest absolute Gasteiger partial charge is 0.247 e. The molecule has 1 saturated carbocycles. The largest absolute Gasteiger partial charge is 0.494 e. The summed E-state index contributed by atoms with van der Waals surface area (Å²) in [6.07, 6.45) is 10.1. The van der Waals surface area contributed by atoms with Crippen molar-refractivity contribution >= 4 is 35.2 Å². The minimum Gasteiger partial charge on any atom is -0.494 e. The average molecular weight is 596 g/mol. The van der Waals surface area contributed by atoms with E-state index in [1.165, 1.54) is 6.42 Å². The summed E-state index contributed by atoms with van der Waals surface area (Å²) < 4.78 is 4.39. The third-order valence-corrected chi connectivity index (χ3v) is 11.8. The normalized spacial score (nSPS) is 30.2. The summed E-state index contributed by atoms with van der Waals surface area (Å²) in [6.45, 7) is 13.0. The van der Waals surface area contributed by atoms with E-state index in [0.717, 1.165) is 37.9 Å². The number of rotatable bonds is 12. The highest BCUT2D eigenvalue weighted by atomic mass is 32.2. The molecular weight excluding hydrogens is 550 g/mol. The van der Waals surface area contributed by atoms with Gasteiger partial charge in [0.2, 0.25) is 17.7 Å². The van der Waals surface area contributed by atoms with Crippen LogP contribution in [0, 0.1) is 11.8 Å². The number of nitrogens with zero attached hydrogens (tertiary/aromatic N) is 3. The fourth-order valence-electron chi connectivity index (χ4n) is 8.05. The maximum absolute atomic E-state index is 14.6. The van der Waals surface area contributed by atoms with Gasteiger partial charge >= 0.3 is 0 Å². The van der Waals surface area contributed by atoms with Crippen LogP contribution in [0.25, 0.3) is 0 Å². The van der Waals surface area contributed by atoms with E-state index in [2.05, 4.69) is 20.1 Å². The third kappa shape index (κ3) is 5.06. The Morgan fingerprint density at radius 3 is 2.40 bits per heavy atom. The van der Waals surface area contributed by atoms with Crippen LogP contribution in [0.4, 0.5) is 5.69 Å². The summed E-state index contributed by atoms with van der Waals surface area (Å²) in [7, 11) is 0. The van der Waals surface area contributed by atoms with Crippen molar-refractivity contribution in [2.24, 2.45) is 11.8 Å². The van der Waals surface area contributed by atoms with E-state index in [1.807, 2.05) is 36.1 Å². The Balaban J connectivity index is 1.52. The Labute approximate surface area is 254 Å². The number of carbonyl (C=O) groups excluding carboxylic acids is 3. The lowest BCUT2D eigenvalue weighted by Gasteiger charge is -2.41. The van der Waals surface area contributed by atoms with Gasteiger partial charge in [-0.3, -0.25) is 14.4 Å². The summed E-state index contributed by atoms with van der Waals surface area (Å²) in [6, 6.07) is 6.82. The number of aliphatic hydroxyl groups is 1. The van der Waals surface area contributed by atoms with Gasteiger partial charge in [-0.05, 0) is 63.8 Å². The second-order valence-corrected chi connectivity index (χ2v) is 14.1. The van der Waals surface area contributed by atoms with Crippen molar-refractivity contribution < 1.29 is 24.2 Å². The lowest BCUT2D eigenvalue weighted by molar-refractivity contribution is -0.144. The molecule has 1 aromatic carbocycles. The highest BCUT2D eigenvalue weighted by Gasteiger charge is 2.77. The van der Waals surface area contributed by atoms with Crippen molar-refractivity contribution in [3.05, 3.63) is 49.6 Å². The number of fused-ring (bicyclic) bond motifs is 1. The van der Waals surface area contributed by atoms with Crippen molar-refractivity contribution in [3.8, 4) is 5.75 Å². The van der Waals surface area contributed by atoms with Crippen LogP contribution in [0.1, 0.15) is 58.8 Å². The van der Waals surface area contributed by atoms with Gasteiger partial charge in [-0.2, -0.15) is 0 Å². The minimum atomic E-state index is -0.717. The molecule has 42 heavy (non-hydrogen) atoms. The molecule has 3 heterocycles. The summed E-state index contributed by atoms with van der Waals surface area (Å²) in [4.78, 5) is 48.7. The van der Waals surface area contributed by atoms with E-state index in [1.54, 1.807) is 33.7 Å². The SMILES string of the molecule is C=CCN(C(=O)[C@@H]1[C@H]2C(=O)N(CCO)C(C(=O)N(CC=C)C3CCCCC3)C23CC[C@@]1(C)S3)c1ccc(OCC)cc1. The highest BCUT2D eigenvalue weighted by Crippen LogP contribution is 2.71. The molecule has 5 rings (SSSR count). The number of benzene rings is 1. The number of hydrogen-bond donors (Lipinski definition) is 1. The Kier molecular flexibility index (Phi) is 9.09. The predicted molar refractivity (Wildman–Crippen MR) is 166 cm³/mol. The van der Waals surface area contributed by atoms with Crippen molar-refractivity contribution in [1.82, 2.24) is 9.80 Å². The number of carbonyl (C=O) groups is 3. The lowest BCUT2D eigenvalue weighted by Crippen LogP contribution is -2.57. The molecule has 5 atom stereocenters. The quantitative estimate of drug-likeness (QED) is 0.360. The van der Waals surface area contributed by atoms with Gasteiger partial charge in [-0.25, -0.2) is 0 Å². The number of β-amino-alcohol motifs (C(OH)–C–C–N with tert-alkyl or cyclic N) is 1. The van der Waals surface area contributed by atoms with Crippen LogP contribution in [-0.4, -0.2) is 87.1 Å². The van der Waals surface area contributed by atoms with E-state index >= 15 is 0 Å². The van der Waals surface area contributed by atoms with Crippen molar-refractivity contribution in [2.45, 2.75) is 80.4 Å². The molecule has 2 unspecified atom stereocenters. The molecule has 1 aromatic rings. The molecule has 2 bridgehead atoms. The Morgan fingerprint density at radius 2 is 1.79 bits per heavy atom. The standard InChI is InChI=1S/C33H45N3O5S/c1-5-19-34(24-13-15-25(16-14-24)41-7-3)29(38)26-27-30(39)36(21-22-37)28(33(27)18-17-32(26,4)42-33)31(40)35(20-6-2)23-11-9-8-10-12-23/h5-6,13-16,23,26-28,37H,1-2,7-12,17-22H2,3-4H3/t26-,27-,28?,32+,33?/m0/s1. The Hall–Kier alpha value is -2.78. The molecule has 8 nitrogen and oxygen atoms in total. The van der Waals surface area contributed by atoms with Crippen LogP contribution in [0.2, 0.25) is 0 Å². The number of likely N-dealkylation sites (tertiary alicyclic amines) is 1. The number of amides is 3. The number of thioether (sulfide) groups is 1. The summed E-state index contributed by atoms with van der Waals surface area (Å²) in [5.74, 6) is -0.892. The molecule has 4 aliphatic rings. The number of anilines is 1. The molecule has 0 aromatic heterocycles. The number of hydrogen-bond acceptors (Lipinski definition) is 6. The van der Waals surface area contributed by atoms with Crippen LogP contribution < -0.4 is 9.64 Å². The maximum Gasteiger partial charge on any atom is 0.247 e. The van der Waals surface area contributed by atoms with E-state index in [4.69, 9.17) is 4.74 Å². The van der Waals surface area contributed by atoms with Crippen LogP contribution in [-0.2, 0) is 14.4 Å². The second-order valence-electron chi connectivity index (χ2n) is 12.2. The Bertz CT molecular complexity index is 1200. The minimum absolute atomic E-state index is 0.0644. The zero-order chi connectivity index (χ0) is 30.1. The van der Waals surface area contributed by atoms with E-state index in [0.29, 0.717) is 31.8 Å². The molecule has 1 spiro atoms. The van der Waals surface area contributed by atoms with Crippen LogP contribution >= 0.6 is 11.8 Å². The predicted octanol–water partition coefficient (Wildman–Crippen LogP) is 4.43. The van der Waals surface area contributed by atoms with Crippen molar-refractivity contribution in [2.75, 3.05) is 37.7 Å². The molecular formula is C33H45N3O5S. The van der Waals surface area contributed by atoms with Crippen molar-refractivity contribution in [3.63, 3.8) is 0 Å². The molecule has 3 aliphatic heterocycles. The molecule has 0 radical (unpaired) electrons. The molecule has 3 saturated heterocycles. The zero-order valence-corrected chi connectivity index (χ0v) is 25.8. The van der Waals surface area contributed by atoms with Gasteiger partial charge in [0.15, 0.2) is 0 Å². The molecule has 228 valence electrons. The number of aliphatic hydroxyl groups excluding tert-OH is 1. The van der Waals surface area contributed by atoms with Crippen molar-refractivity contribution in [1.29, 1.82) is 0 Å². The first-order chi connectivity index (χ1) is 20.3. The molecule has 4 fully saturated rings. The first-order valence-electron chi connectivity index (χ1n) is 15.4. The Morgan fingerprint density at radius 1 is 1.10 bits per heavy atom. The number of ether oxygens (including phenoxy) is 1. The highest BCUT2D eigenvalue weighted by molar-refractivity contribution is 8.02. The van der Waals surface area contributed by atoms with E-state index < -0.39 is 27.4 Å². The molecule has 9 heteroatoms. The lowest BCUT2D eigenvalue weighted by atomic mass is 9.66. The fraction of sp³-hybridized carbons (Fsp3) is 0.606. The van der Waals surface area contributed by atoms with Gasteiger partial charge in [-0.1, -0.05) is 31.4 Å². The molecule has 1 N–H and O–H groups in total. The van der Waals surface area contributed by atoms with E-state index in [-0.39, 0.29) is 36.9 Å². The monoisotopic (exact) mass is 595 g/mol. The van der Waals surface area contributed by atoms with Crippen LogP contribution in [0.5, 0.6) is 5.75 Å². The maximum atomic E-state index is 14.6. The summed E-state index contributed by atoms with van der Waals surface area (Å²) in [5, 5.41) is 10.0. The molecule has 1 aliphatic carbocycles. The zero-order valence-electron chi connectivity index (χ0n) is 25.0. The molecule has 3 amide bonds. The third-order valence-electron chi connectivity index (χ3n) is 9.78. The summed E-state index contributed by atoms with van der Waals surface area (Å²) >= 11 is 1.67. The first kappa shape index (κ1) is 30.7. The van der Waals surface area contributed by atoms with Gasteiger partial charge in [0.25, 0.3) is 0 Å². The topological polar surface area (TPSA) is 90.4 Å². The van der Waals surface area contributed by atoms with Gasteiger partial charge < -0.3 is 24.5 Å². The van der Waals surface area contributed by atoms with Gasteiger partial charge in [-0.15, -0.1) is 24.9 Å². The van der Waals surface area contributed by atoms with Crippen LogP contribution in [0.15, 0.2) is 49.6 Å².